The number of nitrogens with zero attached hydrogens (tertiary/aromatic N) is 2. The van der Waals surface area contributed by atoms with Crippen molar-refractivity contribution < 1.29 is 9.53 Å². The van der Waals surface area contributed by atoms with Crippen LogP contribution in [0.4, 0.5) is 5.95 Å². The third-order valence-electron chi connectivity index (χ3n) is 2.31. The fourth-order valence-electron chi connectivity index (χ4n) is 1.43. The van der Waals surface area contributed by atoms with E-state index in [0.29, 0.717) is 17.1 Å². The van der Waals surface area contributed by atoms with Crippen LogP contribution in [0.1, 0.15) is 16.1 Å². The summed E-state index contributed by atoms with van der Waals surface area (Å²) in [5, 5.41) is 2.53. The minimum Gasteiger partial charge on any atom is -0.481 e. The Hall–Kier alpha value is -2.70. The van der Waals surface area contributed by atoms with Gasteiger partial charge in [-0.05, 0) is 13.0 Å². The maximum absolute atomic E-state index is 11.9. The van der Waals surface area contributed by atoms with Gasteiger partial charge in [-0.2, -0.15) is 4.98 Å². The molecule has 7 nitrogen and oxygen atoms in total. The number of aromatic amines is 1. The van der Waals surface area contributed by atoms with Gasteiger partial charge in [-0.1, -0.05) is 0 Å². The number of rotatable bonds is 3. The summed E-state index contributed by atoms with van der Waals surface area (Å²) >= 11 is 0. The Morgan fingerprint density at radius 1 is 1.37 bits per heavy atom. The molecule has 0 spiro atoms. The lowest BCUT2D eigenvalue weighted by Crippen LogP contribution is -2.16. The van der Waals surface area contributed by atoms with E-state index >= 15 is 0 Å². The summed E-state index contributed by atoms with van der Waals surface area (Å²) in [4.78, 5) is 33.3. The van der Waals surface area contributed by atoms with Gasteiger partial charge in [0, 0.05) is 24.0 Å². The number of nitrogens with one attached hydrogen (secondary N) is 2. The van der Waals surface area contributed by atoms with Crippen molar-refractivity contribution >= 4 is 11.9 Å². The Balaban J connectivity index is 2.21. The van der Waals surface area contributed by atoms with E-state index in [9.17, 15) is 9.59 Å². The highest BCUT2D eigenvalue weighted by Gasteiger charge is 2.09. The van der Waals surface area contributed by atoms with E-state index in [1.54, 1.807) is 13.0 Å². The van der Waals surface area contributed by atoms with Crippen LogP contribution in [-0.2, 0) is 0 Å². The van der Waals surface area contributed by atoms with E-state index in [-0.39, 0.29) is 11.5 Å². The van der Waals surface area contributed by atoms with Gasteiger partial charge in [0.25, 0.3) is 5.91 Å². The number of amides is 1. The van der Waals surface area contributed by atoms with Crippen molar-refractivity contribution in [1.82, 2.24) is 15.0 Å². The summed E-state index contributed by atoms with van der Waals surface area (Å²) in [6, 6.07) is 4.34. The molecule has 98 valence electrons. The number of methoxy groups -OCH3 is 1. The average Bonchev–Trinajstić information content (AvgIpc) is 2.38. The minimum atomic E-state index is -0.413. The number of pyridine rings is 1. The lowest BCUT2D eigenvalue weighted by molar-refractivity contribution is 0.102. The number of ether oxygens (including phenoxy) is 1. The molecule has 0 aliphatic heterocycles. The molecule has 0 unspecified atom stereocenters. The molecule has 0 aromatic carbocycles. The zero-order valence-corrected chi connectivity index (χ0v) is 10.4. The maximum Gasteiger partial charge on any atom is 0.259 e. The van der Waals surface area contributed by atoms with Crippen LogP contribution in [-0.4, -0.2) is 28.0 Å². The highest BCUT2D eigenvalue weighted by atomic mass is 16.5. The van der Waals surface area contributed by atoms with Crippen molar-refractivity contribution in [2.24, 2.45) is 0 Å². The highest BCUT2D eigenvalue weighted by Crippen LogP contribution is 2.11. The predicted molar refractivity (Wildman–Crippen MR) is 68.3 cm³/mol. The van der Waals surface area contributed by atoms with Crippen molar-refractivity contribution in [1.29, 1.82) is 0 Å². The third kappa shape index (κ3) is 3.15. The SMILES string of the molecule is COc1cc(C)nc(NC(=O)c2ccc(=O)[nH]c2)n1. The Bertz CT molecular complexity index is 646. The van der Waals surface area contributed by atoms with Gasteiger partial charge in [0.2, 0.25) is 17.4 Å². The molecule has 0 aliphatic carbocycles. The number of hydrogen-bond acceptors (Lipinski definition) is 5. The first-order valence-corrected chi connectivity index (χ1v) is 5.48. The van der Waals surface area contributed by atoms with Gasteiger partial charge in [0.15, 0.2) is 0 Å². The van der Waals surface area contributed by atoms with Crippen LogP contribution in [0.2, 0.25) is 0 Å². The summed E-state index contributed by atoms with van der Waals surface area (Å²) < 4.78 is 4.99. The Kier molecular flexibility index (Phi) is 3.56. The molecule has 0 saturated heterocycles. The molecule has 0 aliphatic rings. The van der Waals surface area contributed by atoms with E-state index in [4.69, 9.17) is 4.74 Å². The topological polar surface area (TPSA) is 97.0 Å². The first-order chi connectivity index (χ1) is 9.08. The van der Waals surface area contributed by atoms with Gasteiger partial charge in [0.1, 0.15) is 0 Å². The summed E-state index contributed by atoms with van der Waals surface area (Å²) in [6.45, 7) is 1.76. The second-order valence-electron chi connectivity index (χ2n) is 3.77. The summed E-state index contributed by atoms with van der Waals surface area (Å²) in [5.74, 6) is 0.0984. The smallest absolute Gasteiger partial charge is 0.259 e. The molecule has 0 saturated carbocycles. The van der Waals surface area contributed by atoms with Crippen LogP contribution < -0.4 is 15.6 Å². The number of anilines is 1. The van der Waals surface area contributed by atoms with Crippen LogP contribution in [0.3, 0.4) is 0 Å². The van der Waals surface area contributed by atoms with Crippen molar-refractivity contribution in [3.05, 3.63) is 46.0 Å². The number of hydrogen-bond donors (Lipinski definition) is 2. The molecular weight excluding hydrogens is 248 g/mol. The van der Waals surface area contributed by atoms with Crippen LogP contribution in [0.15, 0.2) is 29.2 Å². The molecule has 0 bridgehead atoms. The standard InChI is InChI=1S/C12H12N4O3/c1-7-5-10(19-2)15-12(14-7)16-11(18)8-3-4-9(17)13-6-8/h3-6H,1-2H3,(H,13,17)(H,14,15,16,18). The van der Waals surface area contributed by atoms with Crippen LogP contribution in [0.5, 0.6) is 5.88 Å². The van der Waals surface area contributed by atoms with Crippen molar-refractivity contribution in [3.8, 4) is 5.88 Å². The van der Waals surface area contributed by atoms with Gasteiger partial charge >= 0.3 is 0 Å². The zero-order valence-electron chi connectivity index (χ0n) is 10.4. The average molecular weight is 260 g/mol. The maximum atomic E-state index is 11.9. The van der Waals surface area contributed by atoms with Crippen LogP contribution >= 0.6 is 0 Å². The largest absolute Gasteiger partial charge is 0.481 e. The van der Waals surface area contributed by atoms with Gasteiger partial charge in [0.05, 0.1) is 12.7 Å². The number of aryl methyl sites for hydroxylation is 1. The molecule has 2 heterocycles. The van der Waals surface area contributed by atoms with Crippen LogP contribution in [0.25, 0.3) is 0 Å². The Labute approximate surface area is 108 Å². The molecule has 0 radical (unpaired) electrons. The van der Waals surface area contributed by atoms with E-state index in [2.05, 4.69) is 20.3 Å². The van der Waals surface area contributed by atoms with Gasteiger partial charge < -0.3 is 9.72 Å². The van der Waals surface area contributed by atoms with Gasteiger partial charge in [-0.15, -0.1) is 0 Å². The zero-order chi connectivity index (χ0) is 13.8. The van der Waals surface area contributed by atoms with Gasteiger partial charge in [-0.3, -0.25) is 14.9 Å². The molecule has 2 aromatic rings. The summed E-state index contributed by atoms with van der Waals surface area (Å²) in [6.07, 6.45) is 1.32. The second kappa shape index (κ2) is 5.30. The van der Waals surface area contributed by atoms with Crippen molar-refractivity contribution in [3.63, 3.8) is 0 Å². The summed E-state index contributed by atoms with van der Waals surface area (Å²) in [5.41, 5.74) is 0.706. The minimum absolute atomic E-state index is 0.146. The normalized spacial score (nSPS) is 10.0. The molecule has 1 amide bonds. The third-order valence-corrected chi connectivity index (χ3v) is 2.31. The summed E-state index contributed by atoms with van der Waals surface area (Å²) in [7, 11) is 1.48. The lowest BCUT2D eigenvalue weighted by Gasteiger charge is -2.06. The molecule has 0 atom stereocenters. The van der Waals surface area contributed by atoms with Crippen LogP contribution in [0, 0.1) is 6.92 Å². The Morgan fingerprint density at radius 3 is 2.79 bits per heavy atom. The molecule has 0 fully saturated rings. The molecule has 7 heteroatoms. The van der Waals surface area contributed by atoms with Crippen molar-refractivity contribution in [2.45, 2.75) is 6.92 Å². The number of carbonyl (C=O) groups is 1. The number of carbonyl (C=O) groups excluding carboxylic acids is 1. The van der Waals surface area contributed by atoms with Crippen molar-refractivity contribution in [2.75, 3.05) is 12.4 Å². The first-order valence-electron chi connectivity index (χ1n) is 5.48. The second-order valence-corrected chi connectivity index (χ2v) is 3.77. The van der Waals surface area contributed by atoms with E-state index in [1.165, 1.54) is 25.4 Å². The fraction of sp³-hybridized carbons (Fsp3) is 0.167. The Morgan fingerprint density at radius 2 is 2.16 bits per heavy atom. The highest BCUT2D eigenvalue weighted by molar-refractivity contribution is 6.03. The quantitative estimate of drug-likeness (QED) is 0.848. The molecule has 2 aromatic heterocycles. The number of aromatic nitrogens is 3. The lowest BCUT2D eigenvalue weighted by atomic mass is 10.3. The van der Waals surface area contributed by atoms with E-state index in [1.807, 2.05) is 0 Å². The predicted octanol–water partition coefficient (Wildman–Crippen LogP) is 0.734. The van der Waals surface area contributed by atoms with E-state index in [0.717, 1.165) is 0 Å². The monoisotopic (exact) mass is 260 g/mol. The molecule has 2 rings (SSSR count). The molecular formula is C12H12N4O3. The van der Waals surface area contributed by atoms with E-state index < -0.39 is 5.91 Å². The fourth-order valence-corrected chi connectivity index (χ4v) is 1.43. The molecule has 2 N–H and O–H groups in total. The van der Waals surface area contributed by atoms with Gasteiger partial charge in [-0.25, -0.2) is 4.98 Å². The molecule has 19 heavy (non-hydrogen) atoms. The first kappa shape index (κ1) is 12.7. The number of H-pyrrole nitrogens is 1.